The second kappa shape index (κ2) is 9.92. The normalized spacial score (nSPS) is 11.7. The Bertz CT molecular complexity index is 1230. The highest BCUT2D eigenvalue weighted by atomic mass is 31.0. The van der Waals surface area contributed by atoms with Gasteiger partial charge in [-0.25, -0.2) is 14.8 Å². The molecule has 3 aromatic rings. The number of nitrogen functional groups attached to an aromatic ring is 1. The van der Waals surface area contributed by atoms with Crippen molar-refractivity contribution in [2.45, 2.75) is 25.4 Å². The van der Waals surface area contributed by atoms with E-state index in [1.165, 1.54) is 18.3 Å². The van der Waals surface area contributed by atoms with Gasteiger partial charge in [0.2, 0.25) is 5.95 Å². The maximum atomic E-state index is 12.3. The first-order valence-corrected chi connectivity index (χ1v) is 9.78. The summed E-state index contributed by atoms with van der Waals surface area (Å²) in [5.41, 5.74) is 6.13. The highest BCUT2D eigenvalue weighted by Crippen LogP contribution is 2.12. The van der Waals surface area contributed by atoms with Gasteiger partial charge in [-0.05, 0) is 30.7 Å². The van der Waals surface area contributed by atoms with E-state index in [2.05, 4.69) is 39.8 Å². The van der Waals surface area contributed by atoms with Crippen LogP contribution in [-0.2, 0) is 16.1 Å². The third-order valence-corrected chi connectivity index (χ3v) is 4.58. The molecule has 1 aromatic carbocycles. The summed E-state index contributed by atoms with van der Waals surface area (Å²) >= 11 is 0. The van der Waals surface area contributed by atoms with Gasteiger partial charge in [0, 0.05) is 26.9 Å². The summed E-state index contributed by atoms with van der Waals surface area (Å²) in [6, 6.07) is 5.10. The van der Waals surface area contributed by atoms with Gasteiger partial charge in [-0.2, -0.15) is 4.98 Å². The number of carboxylic acid groups (broad SMARTS) is 1. The number of nitrogens with one attached hydrogen (secondary N) is 3. The number of H-pyrrole nitrogens is 1. The fourth-order valence-corrected chi connectivity index (χ4v) is 2.88. The lowest BCUT2D eigenvalue weighted by Gasteiger charge is -2.14. The van der Waals surface area contributed by atoms with Crippen LogP contribution in [0.3, 0.4) is 0 Å². The van der Waals surface area contributed by atoms with Crippen molar-refractivity contribution in [2.24, 2.45) is 0 Å². The number of nitrogens with two attached hydrogens (primary N) is 1. The maximum Gasteiger partial charge on any atom is 0.326 e. The molecule has 0 fully saturated rings. The van der Waals surface area contributed by atoms with E-state index in [1.54, 1.807) is 12.1 Å². The number of anilines is 2. The molecule has 0 aliphatic rings. The van der Waals surface area contributed by atoms with Crippen LogP contribution in [0.4, 0.5) is 11.6 Å². The Morgan fingerprint density at radius 1 is 1.19 bits per heavy atom. The number of fused-ring (bicyclic) bond motifs is 1. The summed E-state index contributed by atoms with van der Waals surface area (Å²) in [6.45, 7) is 0.247. The van der Waals surface area contributed by atoms with Gasteiger partial charge in [0.05, 0.1) is 18.4 Å². The first-order chi connectivity index (χ1) is 15.2. The van der Waals surface area contributed by atoms with Crippen LogP contribution in [0.25, 0.3) is 11.2 Å². The quantitative estimate of drug-likeness (QED) is 0.288. The number of aliphatic carboxylic acids is 1. The van der Waals surface area contributed by atoms with Crippen LogP contribution in [0.1, 0.15) is 28.9 Å². The maximum absolute atomic E-state index is 12.3. The SMILES string of the molecule is Nc1nc2ncc(CNc3ccc(C(=O)N[C@@H](CCC(=O)[P])C(=O)O)cc3)nc2c(=O)[nH]1. The zero-order valence-corrected chi connectivity index (χ0v) is 17.4. The van der Waals surface area contributed by atoms with Crippen LogP contribution in [0.2, 0.25) is 0 Å². The molecule has 164 valence electrons. The molecule has 0 aliphatic carbocycles. The van der Waals surface area contributed by atoms with Crippen molar-refractivity contribution in [3.63, 3.8) is 0 Å². The van der Waals surface area contributed by atoms with Crippen LogP contribution < -0.4 is 21.9 Å². The average molecular weight is 455 g/mol. The van der Waals surface area contributed by atoms with Crippen molar-refractivity contribution in [1.29, 1.82) is 0 Å². The van der Waals surface area contributed by atoms with Gasteiger partial charge in [0.25, 0.3) is 11.5 Å². The number of amides is 1. The summed E-state index contributed by atoms with van der Waals surface area (Å²) in [7, 11) is 3.60. The molecule has 2 radical (unpaired) electrons. The van der Waals surface area contributed by atoms with E-state index in [1.807, 2.05) is 0 Å². The highest BCUT2D eigenvalue weighted by Gasteiger charge is 2.21. The first kappa shape index (κ1) is 22.8. The van der Waals surface area contributed by atoms with Crippen molar-refractivity contribution < 1.29 is 19.5 Å². The van der Waals surface area contributed by atoms with Crippen LogP contribution in [0.15, 0.2) is 35.3 Å². The van der Waals surface area contributed by atoms with Crippen LogP contribution in [0, 0.1) is 0 Å². The highest BCUT2D eigenvalue weighted by molar-refractivity contribution is 7.40. The molecule has 0 saturated heterocycles. The summed E-state index contributed by atoms with van der Waals surface area (Å²) < 4.78 is 0. The van der Waals surface area contributed by atoms with E-state index >= 15 is 0 Å². The number of hydrogen-bond donors (Lipinski definition) is 5. The number of nitrogens with zero attached hydrogens (tertiary/aromatic N) is 3. The zero-order valence-electron chi connectivity index (χ0n) is 16.5. The second-order valence-corrected chi connectivity index (χ2v) is 7.21. The topological polar surface area (TPSA) is 193 Å². The Morgan fingerprint density at radius 3 is 2.56 bits per heavy atom. The van der Waals surface area contributed by atoms with Gasteiger partial charge in [-0.1, -0.05) is 0 Å². The number of aromatic amines is 1. The number of benzene rings is 1. The average Bonchev–Trinajstić information content (AvgIpc) is 2.75. The van der Waals surface area contributed by atoms with Gasteiger partial charge in [-0.15, -0.1) is 0 Å². The van der Waals surface area contributed by atoms with E-state index in [-0.39, 0.29) is 42.1 Å². The zero-order chi connectivity index (χ0) is 23.3. The predicted octanol–water partition coefficient (Wildman–Crippen LogP) is 0.808. The molecule has 0 bridgehead atoms. The molecular formula is C19H18N7O5P. The van der Waals surface area contributed by atoms with Crippen molar-refractivity contribution in [3.8, 4) is 0 Å². The van der Waals surface area contributed by atoms with E-state index in [9.17, 15) is 24.3 Å². The number of hydrogen-bond acceptors (Lipinski definition) is 9. The second-order valence-electron chi connectivity index (χ2n) is 6.71. The van der Waals surface area contributed by atoms with Crippen molar-refractivity contribution in [3.05, 3.63) is 52.1 Å². The van der Waals surface area contributed by atoms with Crippen molar-refractivity contribution in [2.75, 3.05) is 11.1 Å². The summed E-state index contributed by atoms with van der Waals surface area (Å²) in [6.07, 6.45) is 1.33. The molecule has 0 saturated carbocycles. The van der Waals surface area contributed by atoms with E-state index in [0.29, 0.717) is 11.4 Å². The molecule has 6 N–H and O–H groups in total. The minimum atomic E-state index is -1.24. The number of aromatic nitrogens is 4. The van der Waals surface area contributed by atoms with Crippen molar-refractivity contribution in [1.82, 2.24) is 25.3 Å². The van der Waals surface area contributed by atoms with Gasteiger partial charge >= 0.3 is 5.97 Å². The lowest BCUT2D eigenvalue weighted by Crippen LogP contribution is -2.40. The van der Waals surface area contributed by atoms with Gasteiger partial charge in [0.15, 0.2) is 16.7 Å². The fourth-order valence-electron chi connectivity index (χ4n) is 2.75. The van der Waals surface area contributed by atoms with Gasteiger partial charge in [-0.3, -0.25) is 19.4 Å². The van der Waals surface area contributed by atoms with Crippen molar-refractivity contribution >= 4 is 49.4 Å². The Balaban J connectivity index is 1.62. The lowest BCUT2D eigenvalue weighted by atomic mass is 10.1. The van der Waals surface area contributed by atoms with E-state index in [0.717, 1.165) is 0 Å². The third-order valence-electron chi connectivity index (χ3n) is 4.36. The third kappa shape index (κ3) is 5.82. The largest absolute Gasteiger partial charge is 0.480 e. The summed E-state index contributed by atoms with van der Waals surface area (Å²) in [5, 5.41) is 14.7. The molecule has 2 heterocycles. The Kier molecular flexibility index (Phi) is 7.06. The van der Waals surface area contributed by atoms with Crippen LogP contribution in [-0.4, -0.2) is 48.5 Å². The minimum absolute atomic E-state index is 0.0447. The van der Waals surface area contributed by atoms with Crippen LogP contribution >= 0.6 is 9.24 Å². The molecule has 3 rings (SSSR count). The monoisotopic (exact) mass is 455 g/mol. The summed E-state index contributed by atoms with van der Waals surface area (Å²) in [4.78, 5) is 61.0. The molecule has 12 nitrogen and oxygen atoms in total. The number of rotatable bonds is 9. The number of carbonyl (C=O) groups is 3. The van der Waals surface area contributed by atoms with Crippen LogP contribution in [0.5, 0.6) is 0 Å². The Hall–Kier alpha value is -3.92. The van der Waals surface area contributed by atoms with E-state index in [4.69, 9.17) is 5.73 Å². The molecule has 13 heteroatoms. The summed E-state index contributed by atoms with van der Waals surface area (Å²) in [5.74, 6) is -1.86. The van der Waals surface area contributed by atoms with E-state index < -0.39 is 29.0 Å². The minimum Gasteiger partial charge on any atom is -0.480 e. The molecular weight excluding hydrogens is 437 g/mol. The fraction of sp³-hybridized carbons (Fsp3) is 0.211. The number of carboxylic acids is 1. The van der Waals surface area contributed by atoms with Gasteiger partial charge < -0.3 is 21.5 Å². The molecule has 0 spiro atoms. The smallest absolute Gasteiger partial charge is 0.326 e. The molecule has 1 amide bonds. The molecule has 0 unspecified atom stereocenters. The molecule has 2 aromatic heterocycles. The molecule has 0 aliphatic heterocycles. The molecule has 32 heavy (non-hydrogen) atoms. The predicted molar refractivity (Wildman–Crippen MR) is 116 cm³/mol. The Morgan fingerprint density at radius 2 is 1.91 bits per heavy atom. The standard InChI is InChI=1S/C19H18N7O5P/c20-19-25-15-14(17(29)26-19)23-11(8-22-15)7-21-10-3-1-9(2-4-10)16(28)24-12(18(30)31)5-6-13(27)32/h1-4,8,12,21H,5-7H2,(H,24,28)(H,30,31)(H3,20,22,25,26,29)/t12-/m0/s1. The lowest BCUT2D eigenvalue weighted by molar-refractivity contribution is -0.139. The molecule has 1 atom stereocenters. The van der Waals surface area contributed by atoms with Gasteiger partial charge in [0.1, 0.15) is 6.04 Å². The number of carbonyl (C=O) groups excluding carboxylic acids is 2. The Labute approximate surface area is 183 Å². The first-order valence-electron chi connectivity index (χ1n) is 9.33.